The topological polar surface area (TPSA) is 17.1 Å². The van der Waals surface area contributed by atoms with E-state index in [0.717, 1.165) is 22.3 Å². The van der Waals surface area contributed by atoms with Gasteiger partial charge in [-0.3, -0.25) is 4.79 Å². The van der Waals surface area contributed by atoms with E-state index in [9.17, 15) is 9.18 Å². The van der Waals surface area contributed by atoms with Gasteiger partial charge < -0.3 is 0 Å². The molecule has 0 heterocycles. The molecule has 0 radical (unpaired) electrons. The number of carbonyl (C=O) groups is 1. The van der Waals surface area contributed by atoms with Gasteiger partial charge in [0.2, 0.25) is 0 Å². The van der Waals surface area contributed by atoms with Crippen LogP contribution in [0.4, 0.5) is 4.39 Å². The Bertz CT molecular complexity index is 678. The van der Waals surface area contributed by atoms with Gasteiger partial charge in [-0.1, -0.05) is 12.1 Å². The summed E-state index contributed by atoms with van der Waals surface area (Å²) in [6.45, 7) is 7.75. The van der Waals surface area contributed by atoms with Crippen molar-refractivity contribution in [3.8, 4) is 0 Å². The van der Waals surface area contributed by atoms with Crippen molar-refractivity contribution in [2.45, 2.75) is 27.7 Å². The lowest BCUT2D eigenvalue weighted by molar-refractivity contribution is 0.103. The lowest BCUT2D eigenvalue weighted by Gasteiger charge is -2.15. The van der Waals surface area contributed by atoms with E-state index >= 15 is 0 Å². The molecule has 0 unspecified atom stereocenters. The SMILES string of the molecule is Cc1cc(C)c(C)c(C(=O)c2cccc(Br)c2F)c1C. The predicted molar refractivity (Wildman–Crippen MR) is 82.9 cm³/mol. The lowest BCUT2D eigenvalue weighted by Crippen LogP contribution is -2.11. The van der Waals surface area contributed by atoms with Crippen molar-refractivity contribution in [3.05, 3.63) is 67.9 Å². The van der Waals surface area contributed by atoms with Crippen LogP contribution >= 0.6 is 15.9 Å². The second-order valence-electron chi connectivity index (χ2n) is 5.07. The van der Waals surface area contributed by atoms with Gasteiger partial charge in [0.25, 0.3) is 0 Å². The molecule has 0 aliphatic carbocycles. The number of rotatable bonds is 2. The van der Waals surface area contributed by atoms with E-state index in [4.69, 9.17) is 0 Å². The Morgan fingerprint density at radius 1 is 1.05 bits per heavy atom. The predicted octanol–water partition coefficient (Wildman–Crippen LogP) is 5.05. The Kier molecular flexibility index (Phi) is 4.09. The first kappa shape index (κ1) is 14.9. The molecule has 2 aromatic rings. The first-order chi connectivity index (χ1) is 9.34. The third-order valence-electron chi connectivity index (χ3n) is 3.79. The summed E-state index contributed by atoms with van der Waals surface area (Å²) in [4.78, 5) is 12.7. The van der Waals surface area contributed by atoms with Crippen molar-refractivity contribution < 1.29 is 9.18 Å². The van der Waals surface area contributed by atoms with E-state index in [-0.39, 0.29) is 11.3 Å². The first-order valence-electron chi connectivity index (χ1n) is 6.40. The summed E-state index contributed by atoms with van der Waals surface area (Å²) in [5.74, 6) is -0.763. The van der Waals surface area contributed by atoms with Gasteiger partial charge in [-0.25, -0.2) is 4.39 Å². The van der Waals surface area contributed by atoms with Crippen molar-refractivity contribution >= 4 is 21.7 Å². The third kappa shape index (κ3) is 2.42. The molecule has 0 N–H and O–H groups in total. The van der Waals surface area contributed by atoms with Crippen LogP contribution in [0.2, 0.25) is 0 Å². The Labute approximate surface area is 127 Å². The van der Waals surface area contributed by atoms with Gasteiger partial charge in [-0.05, 0) is 78.0 Å². The number of hydrogen-bond donors (Lipinski definition) is 0. The maximum absolute atomic E-state index is 14.1. The van der Waals surface area contributed by atoms with Crippen molar-refractivity contribution in [1.82, 2.24) is 0 Å². The van der Waals surface area contributed by atoms with Gasteiger partial charge in [-0.15, -0.1) is 0 Å². The molecule has 0 spiro atoms. The minimum absolute atomic E-state index is 0.107. The van der Waals surface area contributed by atoms with Gasteiger partial charge in [0.15, 0.2) is 5.78 Å². The monoisotopic (exact) mass is 334 g/mol. The van der Waals surface area contributed by atoms with Crippen LogP contribution in [0.15, 0.2) is 28.7 Å². The molecule has 2 aromatic carbocycles. The van der Waals surface area contributed by atoms with Crippen LogP contribution in [0.5, 0.6) is 0 Å². The zero-order valence-corrected chi connectivity index (χ0v) is 13.6. The van der Waals surface area contributed by atoms with Crippen LogP contribution in [-0.2, 0) is 0 Å². The highest BCUT2D eigenvalue weighted by Gasteiger charge is 2.21. The minimum atomic E-state index is -0.504. The molecule has 0 fully saturated rings. The Balaban J connectivity index is 2.69. The van der Waals surface area contributed by atoms with Crippen molar-refractivity contribution in [3.63, 3.8) is 0 Å². The van der Waals surface area contributed by atoms with E-state index in [2.05, 4.69) is 22.0 Å². The quantitative estimate of drug-likeness (QED) is 0.702. The summed E-state index contributed by atoms with van der Waals surface area (Å²) < 4.78 is 14.4. The summed E-state index contributed by atoms with van der Waals surface area (Å²) in [5, 5.41) is 0. The van der Waals surface area contributed by atoms with Crippen molar-refractivity contribution in [1.29, 1.82) is 0 Å². The second-order valence-corrected chi connectivity index (χ2v) is 5.92. The van der Waals surface area contributed by atoms with Gasteiger partial charge in [0.05, 0.1) is 10.0 Å². The molecule has 3 heteroatoms. The molecule has 20 heavy (non-hydrogen) atoms. The Hall–Kier alpha value is -1.48. The van der Waals surface area contributed by atoms with E-state index in [0.29, 0.717) is 10.0 Å². The third-order valence-corrected chi connectivity index (χ3v) is 4.40. The molecule has 0 amide bonds. The number of ketones is 1. The molecule has 0 saturated heterocycles. The molecule has 0 aromatic heterocycles. The van der Waals surface area contributed by atoms with Crippen LogP contribution in [0.25, 0.3) is 0 Å². The molecule has 0 aliphatic heterocycles. The zero-order chi connectivity index (χ0) is 15.0. The second kappa shape index (κ2) is 5.49. The fourth-order valence-corrected chi connectivity index (χ4v) is 2.74. The van der Waals surface area contributed by atoms with Gasteiger partial charge in [0.1, 0.15) is 5.82 Å². The number of aryl methyl sites for hydroxylation is 2. The van der Waals surface area contributed by atoms with Crippen LogP contribution in [0, 0.1) is 33.5 Å². The number of hydrogen-bond acceptors (Lipinski definition) is 1. The fourth-order valence-electron chi connectivity index (χ4n) is 2.37. The number of halogens is 2. The minimum Gasteiger partial charge on any atom is -0.288 e. The average Bonchev–Trinajstić information content (AvgIpc) is 2.40. The highest BCUT2D eigenvalue weighted by molar-refractivity contribution is 9.10. The number of carbonyl (C=O) groups excluding carboxylic acids is 1. The summed E-state index contributed by atoms with van der Waals surface area (Å²) in [7, 11) is 0. The van der Waals surface area contributed by atoms with Crippen LogP contribution < -0.4 is 0 Å². The molecule has 104 valence electrons. The average molecular weight is 335 g/mol. The molecule has 0 bridgehead atoms. The summed E-state index contributed by atoms with van der Waals surface area (Å²) >= 11 is 3.13. The number of benzene rings is 2. The summed E-state index contributed by atoms with van der Waals surface area (Å²) in [6, 6.07) is 6.85. The molecular formula is C17H16BrFO. The standard InChI is InChI=1S/C17H16BrFO/c1-9-8-10(2)12(4)15(11(9)3)17(20)13-6-5-7-14(18)16(13)19/h5-8H,1-4H3. The first-order valence-corrected chi connectivity index (χ1v) is 7.20. The van der Waals surface area contributed by atoms with Crippen molar-refractivity contribution in [2.75, 3.05) is 0 Å². The van der Waals surface area contributed by atoms with E-state index in [1.165, 1.54) is 6.07 Å². The van der Waals surface area contributed by atoms with E-state index < -0.39 is 5.82 Å². The molecule has 2 rings (SSSR count). The highest BCUT2D eigenvalue weighted by atomic mass is 79.9. The largest absolute Gasteiger partial charge is 0.288 e. The summed E-state index contributed by atoms with van der Waals surface area (Å²) in [6.07, 6.45) is 0. The molecular weight excluding hydrogens is 319 g/mol. The fraction of sp³-hybridized carbons (Fsp3) is 0.235. The molecule has 0 aliphatic rings. The van der Waals surface area contributed by atoms with Crippen molar-refractivity contribution in [2.24, 2.45) is 0 Å². The maximum atomic E-state index is 14.1. The lowest BCUT2D eigenvalue weighted by atomic mass is 9.89. The maximum Gasteiger partial charge on any atom is 0.196 e. The summed E-state index contributed by atoms with van der Waals surface area (Å²) in [5.41, 5.74) is 4.64. The van der Waals surface area contributed by atoms with Gasteiger partial charge in [0, 0.05) is 5.56 Å². The van der Waals surface area contributed by atoms with Crippen LogP contribution in [0.1, 0.15) is 38.2 Å². The molecule has 0 atom stereocenters. The van der Waals surface area contributed by atoms with E-state index in [1.807, 2.05) is 27.7 Å². The molecule has 1 nitrogen and oxygen atoms in total. The highest BCUT2D eigenvalue weighted by Crippen LogP contribution is 2.27. The molecule has 0 saturated carbocycles. The van der Waals surface area contributed by atoms with Crippen LogP contribution in [-0.4, -0.2) is 5.78 Å². The smallest absolute Gasteiger partial charge is 0.196 e. The Morgan fingerprint density at radius 2 is 1.60 bits per heavy atom. The van der Waals surface area contributed by atoms with E-state index in [1.54, 1.807) is 12.1 Å². The Morgan fingerprint density at radius 3 is 2.15 bits per heavy atom. The van der Waals surface area contributed by atoms with Gasteiger partial charge in [-0.2, -0.15) is 0 Å². The zero-order valence-electron chi connectivity index (χ0n) is 12.0. The van der Waals surface area contributed by atoms with Crippen LogP contribution in [0.3, 0.4) is 0 Å². The normalized spacial score (nSPS) is 10.7. The van der Waals surface area contributed by atoms with Gasteiger partial charge >= 0.3 is 0 Å².